The number of ether oxygens (including phenoxy) is 1. The molecule has 6 heteroatoms. The average molecular weight is 119 g/mol. The quantitative estimate of drug-likeness (QED) is 0.349. The molecule has 44 valence electrons. The highest BCUT2D eigenvalue weighted by atomic mass is 17.0. The number of carbonyl (C=O) groups excluding carboxylic acids is 2. The van der Waals surface area contributed by atoms with Crippen LogP contribution in [0.2, 0.25) is 0 Å². The second-order valence-electron chi connectivity index (χ2n) is 0.890. The Morgan fingerprint density at radius 3 is 1.88 bits per heavy atom. The highest BCUT2D eigenvalue weighted by Crippen LogP contribution is 1.91. The molecule has 0 bridgehead atoms. The number of hydrogen-bond donors (Lipinski definition) is 1. The molecule has 0 amide bonds. The maximum absolute atomic E-state index is 9.87. The summed E-state index contributed by atoms with van der Waals surface area (Å²) in [5, 5.41) is 0. The van der Waals surface area contributed by atoms with Gasteiger partial charge in [0.25, 0.3) is 0 Å². The molecule has 0 saturated carbocycles. The second-order valence-corrected chi connectivity index (χ2v) is 0.890. The van der Waals surface area contributed by atoms with Gasteiger partial charge in [0.1, 0.15) is 0 Å². The third-order valence-electron chi connectivity index (χ3n) is 0.417. The van der Waals surface area contributed by atoms with E-state index in [-0.39, 0.29) is 0 Å². The molecule has 6 nitrogen and oxygen atoms in total. The third-order valence-corrected chi connectivity index (χ3v) is 0.417. The molecule has 0 aromatic heterocycles. The molecular weight excluding hydrogens is 118 g/mol. The monoisotopic (exact) mass is 119 g/mol. The third kappa shape index (κ3) is 0.850. The van der Waals surface area contributed by atoms with Crippen molar-refractivity contribution >= 4 is 12.3 Å². The first-order valence-electron chi connectivity index (χ1n) is 1.63. The van der Waals surface area contributed by atoms with Gasteiger partial charge in [-0.15, -0.1) is 0 Å². The zero-order chi connectivity index (χ0) is 5.98. The molecule has 1 saturated heterocycles. The first-order chi connectivity index (χ1) is 3.79. The van der Waals surface area contributed by atoms with Gasteiger partial charge in [0, 0.05) is 5.64 Å². The molecule has 0 spiro atoms. The lowest BCUT2D eigenvalue weighted by Gasteiger charge is -2.08. The molecule has 0 aromatic rings. The van der Waals surface area contributed by atoms with Crippen molar-refractivity contribution in [3.05, 3.63) is 0 Å². The molecule has 1 N–H and O–H groups in total. The van der Waals surface area contributed by atoms with Crippen molar-refractivity contribution in [3.8, 4) is 0 Å². The van der Waals surface area contributed by atoms with Crippen molar-refractivity contribution < 1.29 is 24.0 Å². The van der Waals surface area contributed by atoms with E-state index in [1.54, 1.807) is 5.64 Å². The predicted molar refractivity (Wildman–Crippen MR) is 17.2 cm³/mol. The molecule has 0 unspecified atom stereocenters. The van der Waals surface area contributed by atoms with Crippen LogP contribution in [0, 0.1) is 0 Å². The van der Waals surface area contributed by atoms with Crippen molar-refractivity contribution in [1.82, 2.24) is 5.64 Å². The number of hydrogen-bond acceptors (Lipinski definition) is 6. The zero-order valence-electron chi connectivity index (χ0n) is 3.54. The number of nitrogens with one attached hydrogen (secondary N) is 1. The van der Waals surface area contributed by atoms with Gasteiger partial charge in [-0.3, -0.25) is 0 Å². The van der Waals surface area contributed by atoms with Crippen LogP contribution in [-0.4, -0.2) is 12.3 Å². The van der Waals surface area contributed by atoms with Gasteiger partial charge in [-0.05, 0) is 0 Å². The van der Waals surface area contributed by atoms with Gasteiger partial charge < -0.3 is 14.4 Å². The van der Waals surface area contributed by atoms with Gasteiger partial charge >= 0.3 is 12.3 Å². The van der Waals surface area contributed by atoms with Gasteiger partial charge in [-0.1, -0.05) is 0 Å². The predicted octanol–water partition coefficient (Wildman–Crippen LogP) is -0.291. The van der Waals surface area contributed by atoms with E-state index in [1.165, 1.54) is 0 Å². The van der Waals surface area contributed by atoms with Crippen molar-refractivity contribution in [2.75, 3.05) is 0 Å². The highest BCUT2D eigenvalue weighted by Gasteiger charge is 2.19. The minimum absolute atomic E-state index is 1.12. The van der Waals surface area contributed by atoms with Crippen LogP contribution in [0.4, 0.5) is 9.59 Å². The molecule has 1 aliphatic rings. The Morgan fingerprint density at radius 2 is 1.62 bits per heavy atom. The van der Waals surface area contributed by atoms with Crippen LogP contribution in [-0.2, 0) is 14.4 Å². The van der Waals surface area contributed by atoms with Gasteiger partial charge in [-0.2, -0.15) is 0 Å². The summed E-state index contributed by atoms with van der Waals surface area (Å²) in [6.07, 6.45) is -2.25. The fourth-order valence-electron chi connectivity index (χ4n) is 0.199. The van der Waals surface area contributed by atoms with Crippen molar-refractivity contribution in [2.45, 2.75) is 0 Å². The molecule has 0 aliphatic carbocycles. The summed E-state index contributed by atoms with van der Waals surface area (Å²) in [7, 11) is 0. The maximum Gasteiger partial charge on any atom is 0.540 e. The largest absolute Gasteiger partial charge is 0.540 e. The van der Waals surface area contributed by atoms with E-state index in [9.17, 15) is 9.59 Å². The smallest absolute Gasteiger partial charge is 0.325 e. The Hall–Kier alpha value is -1.30. The lowest BCUT2D eigenvalue weighted by Crippen LogP contribution is -2.32. The van der Waals surface area contributed by atoms with Crippen LogP contribution in [0.3, 0.4) is 0 Å². The van der Waals surface area contributed by atoms with Crippen LogP contribution < -0.4 is 5.64 Å². The minimum Gasteiger partial charge on any atom is -0.325 e. The summed E-state index contributed by atoms with van der Waals surface area (Å²) in [5.41, 5.74) is 1.56. The fraction of sp³-hybridized carbons (Fsp3) is 0. The van der Waals surface area contributed by atoms with Crippen LogP contribution >= 0.6 is 0 Å². The van der Waals surface area contributed by atoms with E-state index >= 15 is 0 Å². The topological polar surface area (TPSA) is 73.9 Å². The van der Waals surface area contributed by atoms with E-state index < -0.39 is 12.3 Å². The van der Waals surface area contributed by atoms with Gasteiger partial charge in [0.05, 0.1) is 0 Å². The average Bonchev–Trinajstić information content (AvgIpc) is 1.64. The summed E-state index contributed by atoms with van der Waals surface area (Å²) < 4.78 is 3.70. The number of cyclic esters (lactones) is 2. The Labute approximate surface area is 43.2 Å². The number of rotatable bonds is 0. The minimum atomic E-state index is -1.12. The molecule has 1 rings (SSSR count). The normalized spacial score (nSPS) is 18.5. The fourth-order valence-corrected chi connectivity index (χ4v) is 0.199. The van der Waals surface area contributed by atoms with E-state index in [0.29, 0.717) is 0 Å². The SMILES string of the molecule is O=C1ONOC(=O)O1. The molecular formula is C2HNO5. The highest BCUT2D eigenvalue weighted by molar-refractivity contribution is 5.77. The van der Waals surface area contributed by atoms with E-state index in [4.69, 9.17) is 0 Å². The van der Waals surface area contributed by atoms with Crippen LogP contribution in [0.5, 0.6) is 0 Å². The lowest BCUT2D eigenvalue weighted by atomic mass is 11.2. The first-order valence-corrected chi connectivity index (χ1v) is 1.63. The summed E-state index contributed by atoms with van der Waals surface area (Å²) in [6, 6.07) is 0. The Balaban J connectivity index is 2.45. The summed E-state index contributed by atoms with van der Waals surface area (Å²) in [6.45, 7) is 0. The van der Waals surface area contributed by atoms with Crippen LogP contribution in [0.15, 0.2) is 0 Å². The Bertz CT molecular complexity index is 116. The number of carbonyl (C=O) groups is 2. The van der Waals surface area contributed by atoms with Crippen molar-refractivity contribution in [3.63, 3.8) is 0 Å². The standard InChI is InChI=1S/C2HNO5/c4-1-6-2(5)8-3-7-1/h3H. The maximum atomic E-state index is 9.87. The van der Waals surface area contributed by atoms with Crippen molar-refractivity contribution in [1.29, 1.82) is 0 Å². The van der Waals surface area contributed by atoms with Crippen LogP contribution in [0.1, 0.15) is 0 Å². The Kier molecular flexibility index (Phi) is 1.01. The Morgan fingerprint density at radius 1 is 1.12 bits per heavy atom. The summed E-state index contributed by atoms with van der Waals surface area (Å²) in [5.74, 6) is 0. The molecule has 0 aromatic carbocycles. The van der Waals surface area contributed by atoms with Crippen LogP contribution in [0.25, 0.3) is 0 Å². The van der Waals surface area contributed by atoms with E-state index in [1.807, 2.05) is 0 Å². The van der Waals surface area contributed by atoms with E-state index in [0.717, 1.165) is 0 Å². The van der Waals surface area contributed by atoms with E-state index in [2.05, 4.69) is 14.4 Å². The molecule has 1 heterocycles. The summed E-state index contributed by atoms with van der Waals surface area (Å²) >= 11 is 0. The van der Waals surface area contributed by atoms with Gasteiger partial charge in [0.15, 0.2) is 0 Å². The second kappa shape index (κ2) is 1.66. The first kappa shape index (κ1) is 4.85. The van der Waals surface area contributed by atoms with Crippen molar-refractivity contribution in [2.24, 2.45) is 0 Å². The molecule has 0 atom stereocenters. The lowest BCUT2D eigenvalue weighted by molar-refractivity contribution is -0.153. The summed E-state index contributed by atoms with van der Waals surface area (Å²) in [4.78, 5) is 27.3. The molecule has 1 fully saturated rings. The zero-order valence-corrected chi connectivity index (χ0v) is 3.54. The molecule has 1 aliphatic heterocycles. The van der Waals surface area contributed by atoms with Gasteiger partial charge in [-0.25, -0.2) is 9.59 Å². The molecule has 0 radical (unpaired) electrons. The molecule has 8 heavy (non-hydrogen) atoms. The van der Waals surface area contributed by atoms with Gasteiger partial charge in [0.2, 0.25) is 0 Å².